The summed E-state index contributed by atoms with van der Waals surface area (Å²) in [4.78, 5) is 0. The van der Waals surface area contributed by atoms with Crippen molar-refractivity contribution in [3.63, 3.8) is 0 Å². The number of fused-ring (bicyclic) bond motifs is 2. The van der Waals surface area contributed by atoms with Gasteiger partial charge in [0.05, 0.1) is 0 Å². The highest BCUT2D eigenvalue weighted by Gasteiger charge is 2.09. The minimum atomic E-state index is 0.537. The normalized spacial score (nSPS) is 13.0. The summed E-state index contributed by atoms with van der Waals surface area (Å²) in [6, 6.07) is 24.4. The maximum atomic E-state index is 2.41. The van der Waals surface area contributed by atoms with Crippen LogP contribution in [0.5, 0.6) is 0 Å². The SMILES string of the molecule is CCCC(C)n1ccc2c(/C=C\c3cccc4ccccc34)cccc21. The molecule has 1 heterocycles. The van der Waals surface area contributed by atoms with Crippen molar-refractivity contribution in [1.29, 1.82) is 0 Å². The van der Waals surface area contributed by atoms with Gasteiger partial charge in [0.1, 0.15) is 0 Å². The van der Waals surface area contributed by atoms with Crippen LogP contribution in [-0.2, 0) is 0 Å². The molecule has 4 rings (SSSR count). The molecule has 1 unspecified atom stereocenters. The Hall–Kier alpha value is -2.80. The zero-order valence-electron chi connectivity index (χ0n) is 15.5. The fourth-order valence-corrected chi connectivity index (χ4v) is 3.87. The highest BCUT2D eigenvalue weighted by molar-refractivity contribution is 5.96. The van der Waals surface area contributed by atoms with Crippen molar-refractivity contribution < 1.29 is 0 Å². The van der Waals surface area contributed by atoms with Gasteiger partial charge in [0.25, 0.3) is 0 Å². The van der Waals surface area contributed by atoms with E-state index in [-0.39, 0.29) is 0 Å². The van der Waals surface area contributed by atoms with Gasteiger partial charge < -0.3 is 4.57 Å². The first-order chi connectivity index (χ1) is 12.8. The van der Waals surface area contributed by atoms with Crippen molar-refractivity contribution in [1.82, 2.24) is 4.57 Å². The van der Waals surface area contributed by atoms with Gasteiger partial charge >= 0.3 is 0 Å². The van der Waals surface area contributed by atoms with Crippen LogP contribution in [0.3, 0.4) is 0 Å². The van der Waals surface area contributed by atoms with E-state index in [0.29, 0.717) is 6.04 Å². The number of hydrogen-bond donors (Lipinski definition) is 0. The number of rotatable bonds is 5. The molecule has 0 N–H and O–H groups in total. The minimum Gasteiger partial charge on any atom is -0.345 e. The fraction of sp³-hybridized carbons (Fsp3) is 0.200. The largest absolute Gasteiger partial charge is 0.345 e. The molecule has 1 atom stereocenters. The molecule has 0 radical (unpaired) electrons. The number of aromatic nitrogens is 1. The van der Waals surface area contributed by atoms with E-state index in [2.05, 4.69) is 103 Å². The topological polar surface area (TPSA) is 4.93 Å². The van der Waals surface area contributed by atoms with E-state index in [0.717, 1.165) is 0 Å². The van der Waals surface area contributed by atoms with Crippen LogP contribution in [0.25, 0.3) is 33.8 Å². The second-order valence-electron chi connectivity index (χ2n) is 7.04. The highest BCUT2D eigenvalue weighted by Crippen LogP contribution is 2.27. The van der Waals surface area contributed by atoms with Crippen LogP contribution >= 0.6 is 0 Å². The Balaban J connectivity index is 1.74. The molecular formula is C25H25N. The van der Waals surface area contributed by atoms with Crippen LogP contribution in [-0.4, -0.2) is 4.57 Å². The molecular weight excluding hydrogens is 314 g/mol. The molecule has 0 saturated carbocycles. The predicted octanol–water partition coefficient (Wildman–Crippen LogP) is 7.33. The lowest BCUT2D eigenvalue weighted by Crippen LogP contribution is -2.02. The third-order valence-corrected chi connectivity index (χ3v) is 5.24. The molecule has 26 heavy (non-hydrogen) atoms. The standard InChI is InChI=1S/C25H25N/c1-3-8-19(2)26-18-17-24-22(12-7-14-25(24)26)16-15-21-11-6-10-20-9-4-5-13-23(20)21/h4-7,9-19H,3,8H2,1-2H3/b16-15-. The van der Waals surface area contributed by atoms with Crippen molar-refractivity contribution in [3.05, 3.63) is 84.1 Å². The second kappa shape index (κ2) is 7.21. The Morgan fingerprint density at radius 1 is 0.808 bits per heavy atom. The van der Waals surface area contributed by atoms with Gasteiger partial charge in [-0.2, -0.15) is 0 Å². The molecule has 0 aliphatic rings. The highest BCUT2D eigenvalue weighted by atomic mass is 15.0. The summed E-state index contributed by atoms with van der Waals surface area (Å²) >= 11 is 0. The molecule has 0 aliphatic carbocycles. The quantitative estimate of drug-likeness (QED) is 0.335. The number of benzene rings is 3. The molecule has 0 spiro atoms. The molecule has 1 aromatic heterocycles. The second-order valence-corrected chi connectivity index (χ2v) is 7.04. The van der Waals surface area contributed by atoms with E-state index in [9.17, 15) is 0 Å². The van der Waals surface area contributed by atoms with Crippen molar-refractivity contribution >= 4 is 33.8 Å². The summed E-state index contributed by atoms with van der Waals surface area (Å²) in [6.45, 7) is 4.56. The number of hydrogen-bond acceptors (Lipinski definition) is 0. The van der Waals surface area contributed by atoms with Crippen LogP contribution < -0.4 is 0 Å². The molecule has 3 aromatic carbocycles. The molecule has 0 fully saturated rings. The molecule has 1 nitrogen and oxygen atoms in total. The molecule has 1 heteroatoms. The first-order valence-electron chi connectivity index (χ1n) is 9.53. The molecule has 0 bridgehead atoms. The summed E-state index contributed by atoms with van der Waals surface area (Å²) in [5, 5.41) is 3.91. The van der Waals surface area contributed by atoms with Crippen LogP contribution in [0.2, 0.25) is 0 Å². The summed E-state index contributed by atoms with van der Waals surface area (Å²) < 4.78 is 2.41. The zero-order valence-corrected chi connectivity index (χ0v) is 15.5. The third-order valence-electron chi connectivity index (χ3n) is 5.24. The lowest BCUT2D eigenvalue weighted by Gasteiger charge is -2.14. The van der Waals surface area contributed by atoms with E-state index in [1.54, 1.807) is 0 Å². The van der Waals surface area contributed by atoms with E-state index < -0.39 is 0 Å². The van der Waals surface area contributed by atoms with E-state index in [1.807, 2.05) is 0 Å². The van der Waals surface area contributed by atoms with Gasteiger partial charge in [-0.15, -0.1) is 0 Å². The van der Waals surface area contributed by atoms with Crippen molar-refractivity contribution in [2.45, 2.75) is 32.7 Å². The van der Waals surface area contributed by atoms with Crippen LogP contribution in [0.1, 0.15) is 43.9 Å². The Kier molecular flexibility index (Phi) is 4.62. The fourth-order valence-electron chi connectivity index (χ4n) is 3.87. The van der Waals surface area contributed by atoms with Gasteiger partial charge in [-0.3, -0.25) is 0 Å². The van der Waals surface area contributed by atoms with Gasteiger partial charge in [-0.1, -0.05) is 80.1 Å². The van der Waals surface area contributed by atoms with E-state index in [4.69, 9.17) is 0 Å². The maximum Gasteiger partial charge on any atom is 0.0488 e. The van der Waals surface area contributed by atoms with Crippen molar-refractivity contribution in [2.24, 2.45) is 0 Å². The van der Waals surface area contributed by atoms with Gasteiger partial charge in [0, 0.05) is 23.1 Å². The predicted molar refractivity (Wildman–Crippen MR) is 114 cm³/mol. The molecule has 0 saturated heterocycles. The lowest BCUT2D eigenvalue weighted by molar-refractivity contribution is 0.515. The Labute approximate surface area is 155 Å². The van der Waals surface area contributed by atoms with Crippen LogP contribution in [0.4, 0.5) is 0 Å². The monoisotopic (exact) mass is 339 g/mol. The Bertz CT molecular complexity index is 1060. The molecule has 4 aromatic rings. The summed E-state index contributed by atoms with van der Waals surface area (Å²) in [7, 11) is 0. The van der Waals surface area contributed by atoms with Gasteiger partial charge in [0.2, 0.25) is 0 Å². The van der Waals surface area contributed by atoms with Crippen LogP contribution in [0.15, 0.2) is 72.9 Å². The average Bonchev–Trinajstić information content (AvgIpc) is 3.11. The first-order valence-corrected chi connectivity index (χ1v) is 9.53. The number of nitrogens with zero attached hydrogens (tertiary/aromatic N) is 1. The van der Waals surface area contributed by atoms with Gasteiger partial charge in [-0.25, -0.2) is 0 Å². The van der Waals surface area contributed by atoms with Gasteiger partial charge in [-0.05, 0) is 47.4 Å². The van der Waals surface area contributed by atoms with Crippen molar-refractivity contribution in [3.8, 4) is 0 Å². The first kappa shape index (κ1) is 16.7. The zero-order chi connectivity index (χ0) is 17.9. The average molecular weight is 339 g/mol. The van der Waals surface area contributed by atoms with Gasteiger partial charge in [0.15, 0.2) is 0 Å². The minimum absolute atomic E-state index is 0.537. The van der Waals surface area contributed by atoms with Crippen LogP contribution in [0, 0.1) is 0 Å². The van der Waals surface area contributed by atoms with E-state index >= 15 is 0 Å². The molecule has 130 valence electrons. The third kappa shape index (κ3) is 3.06. The Morgan fingerprint density at radius 2 is 1.50 bits per heavy atom. The summed E-state index contributed by atoms with van der Waals surface area (Å²) in [5.41, 5.74) is 3.86. The molecule has 0 aliphatic heterocycles. The maximum absolute atomic E-state index is 2.41. The summed E-state index contributed by atoms with van der Waals surface area (Å²) in [6.07, 6.45) is 9.14. The van der Waals surface area contributed by atoms with Crippen molar-refractivity contribution in [2.75, 3.05) is 0 Å². The van der Waals surface area contributed by atoms with E-state index in [1.165, 1.54) is 45.6 Å². The molecule has 0 amide bonds. The lowest BCUT2D eigenvalue weighted by atomic mass is 10.0. The summed E-state index contributed by atoms with van der Waals surface area (Å²) in [5.74, 6) is 0. The smallest absolute Gasteiger partial charge is 0.0488 e. The Morgan fingerprint density at radius 3 is 2.31 bits per heavy atom.